The van der Waals surface area contributed by atoms with Crippen molar-refractivity contribution in [3.63, 3.8) is 0 Å². The van der Waals surface area contributed by atoms with Gasteiger partial charge in [-0.15, -0.1) is 11.3 Å². The van der Waals surface area contributed by atoms with E-state index in [9.17, 15) is 0 Å². The normalized spacial score (nSPS) is 11.0. The highest BCUT2D eigenvalue weighted by Gasteiger charge is 2.18. The average Bonchev–Trinajstić information content (AvgIpc) is 2.68. The first-order valence-electron chi connectivity index (χ1n) is 5.93. The molecular formula is C16H14Cl2S. The first-order valence-corrected chi connectivity index (χ1v) is 7.51. The number of thiophene rings is 1. The lowest BCUT2D eigenvalue weighted by Gasteiger charge is -2.14. The van der Waals surface area contributed by atoms with Gasteiger partial charge in [0.25, 0.3) is 0 Å². The summed E-state index contributed by atoms with van der Waals surface area (Å²) in [6, 6.07) is 9.58. The Balaban J connectivity index is 2.33. The van der Waals surface area contributed by atoms with Crippen molar-refractivity contribution < 1.29 is 0 Å². The molecule has 2 rings (SSSR count). The van der Waals surface area contributed by atoms with Crippen molar-refractivity contribution in [2.45, 2.75) is 26.2 Å². The van der Waals surface area contributed by atoms with Crippen molar-refractivity contribution in [1.29, 1.82) is 0 Å². The van der Waals surface area contributed by atoms with Gasteiger partial charge in [-0.3, -0.25) is 0 Å². The van der Waals surface area contributed by atoms with Crippen LogP contribution in [0.5, 0.6) is 0 Å². The van der Waals surface area contributed by atoms with Crippen LogP contribution in [0, 0.1) is 11.8 Å². The number of hydrogen-bond acceptors (Lipinski definition) is 1. The number of hydrogen-bond donors (Lipinski definition) is 0. The van der Waals surface area contributed by atoms with Gasteiger partial charge in [0.2, 0.25) is 0 Å². The van der Waals surface area contributed by atoms with Crippen molar-refractivity contribution in [2.24, 2.45) is 0 Å². The van der Waals surface area contributed by atoms with Gasteiger partial charge in [-0.25, -0.2) is 0 Å². The van der Waals surface area contributed by atoms with Crippen molar-refractivity contribution in [2.75, 3.05) is 0 Å². The number of benzene rings is 1. The highest BCUT2D eigenvalue weighted by molar-refractivity contribution is 7.16. The van der Waals surface area contributed by atoms with E-state index in [1.54, 1.807) is 11.3 Å². The van der Waals surface area contributed by atoms with Gasteiger partial charge in [-0.2, -0.15) is 0 Å². The zero-order valence-corrected chi connectivity index (χ0v) is 13.4. The maximum absolute atomic E-state index is 6.24. The molecule has 0 atom stereocenters. The van der Waals surface area contributed by atoms with Crippen molar-refractivity contribution in [3.8, 4) is 11.8 Å². The standard InChI is InChI=1S/C16H14Cl2S/c1-16(2,3)14-10-12(15(18)19-14)8-7-11-5-4-6-13(17)9-11/h4-6,9-10H,1-3H3. The molecule has 0 nitrogen and oxygen atoms in total. The largest absolute Gasteiger partial charge is 0.127 e. The second kappa shape index (κ2) is 5.59. The van der Waals surface area contributed by atoms with Crippen molar-refractivity contribution in [1.82, 2.24) is 0 Å². The zero-order chi connectivity index (χ0) is 14.0. The fraction of sp³-hybridized carbons (Fsp3) is 0.250. The lowest BCUT2D eigenvalue weighted by Crippen LogP contribution is -2.07. The van der Waals surface area contributed by atoms with Crippen LogP contribution in [0.4, 0.5) is 0 Å². The van der Waals surface area contributed by atoms with Gasteiger partial charge in [-0.1, -0.05) is 61.9 Å². The van der Waals surface area contributed by atoms with Crippen molar-refractivity contribution in [3.05, 3.63) is 55.7 Å². The summed E-state index contributed by atoms with van der Waals surface area (Å²) >= 11 is 13.8. The third-order valence-corrected chi connectivity index (χ3v) is 4.61. The fourth-order valence-electron chi connectivity index (χ4n) is 1.53. The molecule has 0 aliphatic carbocycles. The van der Waals surface area contributed by atoms with Crippen LogP contribution in [0.2, 0.25) is 9.36 Å². The Morgan fingerprint density at radius 2 is 1.79 bits per heavy atom. The van der Waals surface area contributed by atoms with E-state index in [0.29, 0.717) is 5.02 Å². The average molecular weight is 309 g/mol. The molecule has 0 saturated heterocycles. The quantitative estimate of drug-likeness (QED) is 0.543. The summed E-state index contributed by atoms with van der Waals surface area (Å²) in [7, 11) is 0. The smallest absolute Gasteiger partial charge is 0.109 e. The highest BCUT2D eigenvalue weighted by Crippen LogP contribution is 2.35. The number of rotatable bonds is 0. The Bertz CT molecular complexity index is 651. The van der Waals surface area contributed by atoms with E-state index in [1.165, 1.54) is 4.88 Å². The molecule has 2 aromatic rings. The molecule has 0 N–H and O–H groups in total. The monoisotopic (exact) mass is 308 g/mol. The first kappa shape index (κ1) is 14.5. The van der Waals surface area contributed by atoms with Crippen LogP contribution >= 0.6 is 34.5 Å². The molecule has 1 heterocycles. The van der Waals surface area contributed by atoms with Gasteiger partial charge < -0.3 is 0 Å². The summed E-state index contributed by atoms with van der Waals surface area (Å²) in [4.78, 5) is 1.24. The topological polar surface area (TPSA) is 0 Å². The minimum atomic E-state index is 0.101. The molecule has 0 radical (unpaired) electrons. The second-order valence-corrected chi connectivity index (χ2v) is 7.40. The van der Waals surface area contributed by atoms with Gasteiger partial charge in [0, 0.05) is 15.5 Å². The zero-order valence-electron chi connectivity index (χ0n) is 11.1. The summed E-state index contributed by atoms with van der Waals surface area (Å²) in [5.41, 5.74) is 1.88. The summed E-state index contributed by atoms with van der Waals surface area (Å²) in [6.07, 6.45) is 0. The fourth-order valence-corrected chi connectivity index (χ4v) is 2.97. The number of halogens is 2. The molecule has 1 aromatic heterocycles. The van der Waals surface area contributed by atoms with E-state index in [0.717, 1.165) is 15.5 Å². The maximum Gasteiger partial charge on any atom is 0.109 e. The van der Waals surface area contributed by atoms with Gasteiger partial charge in [0.15, 0.2) is 0 Å². The molecule has 0 bridgehead atoms. The Hall–Kier alpha value is -0.940. The van der Waals surface area contributed by atoms with Crippen LogP contribution in [-0.4, -0.2) is 0 Å². The van der Waals surface area contributed by atoms with Crippen LogP contribution in [0.3, 0.4) is 0 Å². The Morgan fingerprint density at radius 1 is 1.05 bits per heavy atom. The lowest BCUT2D eigenvalue weighted by atomic mass is 9.94. The maximum atomic E-state index is 6.24. The van der Waals surface area contributed by atoms with Crippen LogP contribution < -0.4 is 0 Å². The van der Waals surface area contributed by atoms with E-state index in [2.05, 4.69) is 38.7 Å². The molecule has 98 valence electrons. The SMILES string of the molecule is CC(C)(C)c1cc(C#Cc2cccc(Cl)c2)c(Cl)s1. The predicted octanol–water partition coefficient (Wildman–Crippen LogP) is 5.75. The molecule has 0 aliphatic rings. The van der Waals surface area contributed by atoms with Crippen LogP contribution in [-0.2, 0) is 5.41 Å². The van der Waals surface area contributed by atoms with Crippen LogP contribution in [0.25, 0.3) is 0 Å². The molecule has 0 saturated carbocycles. The first-order chi connectivity index (χ1) is 8.86. The van der Waals surface area contributed by atoms with E-state index >= 15 is 0 Å². The van der Waals surface area contributed by atoms with Crippen LogP contribution in [0.15, 0.2) is 30.3 Å². The van der Waals surface area contributed by atoms with Crippen LogP contribution in [0.1, 0.15) is 36.8 Å². The Kier molecular flexibility index (Phi) is 4.26. The van der Waals surface area contributed by atoms with Gasteiger partial charge in [0.05, 0.1) is 5.56 Å². The molecule has 0 aliphatic heterocycles. The van der Waals surface area contributed by atoms with E-state index < -0.39 is 0 Å². The van der Waals surface area contributed by atoms with E-state index in [-0.39, 0.29) is 5.41 Å². The Morgan fingerprint density at radius 3 is 2.37 bits per heavy atom. The van der Waals surface area contributed by atoms with Gasteiger partial charge in [0.1, 0.15) is 4.34 Å². The summed E-state index contributed by atoms with van der Waals surface area (Å²) < 4.78 is 0.749. The third kappa shape index (κ3) is 3.76. The minimum absolute atomic E-state index is 0.101. The molecule has 19 heavy (non-hydrogen) atoms. The van der Waals surface area contributed by atoms with E-state index in [4.69, 9.17) is 23.2 Å². The molecular weight excluding hydrogens is 295 g/mol. The van der Waals surface area contributed by atoms with E-state index in [1.807, 2.05) is 24.3 Å². The highest BCUT2D eigenvalue weighted by atomic mass is 35.5. The molecule has 0 fully saturated rings. The summed E-state index contributed by atoms with van der Waals surface area (Å²) in [6.45, 7) is 6.51. The predicted molar refractivity (Wildman–Crippen MR) is 85.5 cm³/mol. The Labute approximate surface area is 128 Å². The minimum Gasteiger partial charge on any atom is -0.127 e. The summed E-state index contributed by atoms with van der Waals surface area (Å²) in [5, 5.41) is 0.693. The second-order valence-electron chi connectivity index (χ2n) is 5.31. The molecule has 0 amide bonds. The molecule has 0 unspecified atom stereocenters. The van der Waals surface area contributed by atoms with Gasteiger partial charge in [-0.05, 0) is 29.7 Å². The van der Waals surface area contributed by atoms with Crippen molar-refractivity contribution >= 4 is 34.5 Å². The third-order valence-electron chi connectivity index (χ3n) is 2.59. The molecule has 3 heteroatoms. The molecule has 1 aromatic carbocycles. The molecule has 0 spiro atoms. The van der Waals surface area contributed by atoms with Gasteiger partial charge >= 0.3 is 0 Å². The summed E-state index contributed by atoms with van der Waals surface area (Å²) in [5.74, 6) is 6.21. The lowest BCUT2D eigenvalue weighted by molar-refractivity contribution is 0.604.